The zero-order chi connectivity index (χ0) is 20.8. The maximum Gasteiger partial charge on any atom is 0.416 e. The number of ether oxygens (including phenoxy) is 1. The molecule has 11 heteroatoms. The maximum absolute atomic E-state index is 12.9. The number of hydrogen-bond acceptors (Lipinski definition) is 6. The Bertz CT molecular complexity index is 1310. The average molecular weight is 437 g/mol. The van der Waals surface area contributed by atoms with E-state index in [0.29, 0.717) is 20.5 Å². The number of esters is 1. The van der Waals surface area contributed by atoms with Gasteiger partial charge in [0.25, 0.3) is 5.56 Å². The highest BCUT2D eigenvalue weighted by atomic mass is 32.1. The Labute approximate surface area is 170 Å². The van der Waals surface area contributed by atoms with Gasteiger partial charge in [-0.3, -0.25) is 9.59 Å². The zero-order valence-electron chi connectivity index (χ0n) is 15.4. The van der Waals surface area contributed by atoms with Gasteiger partial charge >= 0.3 is 12.1 Å². The van der Waals surface area contributed by atoms with Crippen LogP contribution in [0.15, 0.2) is 47.3 Å². The highest BCUT2D eigenvalue weighted by molar-refractivity contribution is 7.18. The lowest BCUT2D eigenvalue weighted by atomic mass is 10.2. The Hall–Kier alpha value is -3.31. The van der Waals surface area contributed by atoms with Crippen molar-refractivity contribution in [3.63, 3.8) is 0 Å². The molecule has 0 unspecified atom stereocenters. The lowest BCUT2D eigenvalue weighted by Crippen LogP contribution is -2.25. The van der Waals surface area contributed by atoms with Crippen molar-refractivity contribution in [1.82, 2.24) is 14.8 Å². The van der Waals surface area contributed by atoms with Gasteiger partial charge in [0.15, 0.2) is 0 Å². The fourth-order valence-corrected chi connectivity index (χ4v) is 3.80. The van der Waals surface area contributed by atoms with E-state index in [9.17, 15) is 22.8 Å². The van der Waals surface area contributed by atoms with E-state index in [0.717, 1.165) is 28.2 Å². The number of aromatic nitrogens is 3. The lowest BCUT2D eigenvalue weighted by Gasteiger charge is -2.09. The molecule has 2 aromatic heterocycles. The van der Waals surface area contributed by atoms with E-state index >= 15 is 0 Å². The van der Waals surface area contributed by atoms with Crippen molar-refractivity contribution in [2.24, 2.45) is 0 Å². The van der Waals surface area contributed by atoms with Gasteiger partial charge in [0, 0.05) is 6.92 Å². The monoisotopic (exact) mass is 437 g/mol. The van der Waals surface area contributed by atoms with Crippen molar-refractivity contribution in [3.05, 3.63) is 63.4 Å². The Morgan fingerprint density at radius 3 is 2.53 bits per heavy atom. The highest BCUT2D eigenvalue weighted by Gasteiger charge is 2.30. The van der Waals surface area contributed by atoms with Gasteiger partial charge in [-0.2, -0.15) is 13.2 Å². The molecular formula is C19H14F3N3O4S. The number of alkyl halides is 3. The van der Waals surface area contributed by atoms with Gasteiger partial charge in [0.2, 0.25) is 5.88 Å². The molecule has 0 saturated heterocycles. The maximum atomic E-state index is 12.9. The molecule has 0 aliphatic heterocycles. The molecule has 0 radical (unpaired) electrons. The van der Waals surface area contributed by atoms with E-state index in [4.69, 9.17) is 4.74 Å². The van der Waals surface area contributed by atoms with E-state index in [1.54, 1.807) is 24.3 Å². The summed E-state index contributed by atoms with van der Waals surface area (Å²) in [6.07, 6.45) is -4.46. The molecule has 30 heavy (non-hydrogen) atoms. The van der Waals surface area contributed by atoms with Crippen LogP contribution in [0.1, 0.15) is 17.5 Å². The van der Waals surface area contributed by atoms with Crippen molar-refractivity contribution in [2.75, 3.05) is 0 Å². The SMILES string of the molecule is CC(=O)Oc1nn(Cc2nc3cc(C(F)(F)F)ccc3s2)c(=O)c2ccccc12.O. The first-order chi connectivity index (χ1) is 13.7. The van der Waals surface area contributed by atoms with Gasteiger partial charge in [-0.25, -0.2) is 9.67 Å². The van der Waals surface area contributed by atoms with Gasteiger partial charge < -0.3 is 10.2 Å². The van der Waals surface area contributed by atoms with Gasteiger partial charge in [0.1, 0.15) is 5.01 Å². The smallest absolute Gasteiger partial charge is 0.412 e. The van der Waals surface area contributed by atoms with E-state index in [1.165, 1.54) is 13.0 Å². The van der Waals surface area contributed by atoms with E-state index in [2.05, 4.69) is 10.1 Å². The van der Waals surface area contributed by atoms with Crippen molar-refractivity contribution >= 4 is 38.3 Å². The predicted octanol–water partition coefficient (Wildman–Crippen LogP) is 3.17. The number of benzene rings is 2. The molecule has 0 aliphatic rings. The second-order valence-corrected chi connectivity index (χ2v) is 7.31. The number of nitrogens with zero attached hydrogens (tertiary/aromatic N) is 3. The Kier molecular flexibility index (Phi) is 5.59. The van der Waals surface area contributed by atoms with Crippen LogP contribution in [0.4, 0.5) is 13.2 Å². The van der Waals surface area contributed by atoms with Crippen molar-refractivity contribution in [1.29, 1.82) is 0 Å². The van der Waals surface area contributed by atoms with Gasteiger partial charge in [0.05, 0.1) is 33.1 Å². The summed E-state index contributed by atoms with van der Waals surface area (Å²) in [6.45, 7) is 1.15. The fraction of sp³-hybridized carbons (Fsp3) is 0.158. The van der Waals surface area contributed by atoms with Crippen molar-refractivity contribution < 1.29 is 28.2 Å². The summed E-state index contributed by atoms with van der Waals surface area (Å²) >= 11 is 1.16. The Balaban J connectivity index is 0.00000256. The van der Waals surface area contributed by atoms with Gasteiger partial charge in [-0.05, 0) is 30.3 Å². The normalized spacial score (nSPS) is 11.5. The molecule has 4 aromatic rings. The zero-order valence-corrected chi connectivity index (χ0v) is 16.2. The molecule has 0 atom stereocenters. The summed E-state index contributed by atoms with van der Waals surface area (Å²) in [6, 6.07) is 9.86. The molecular weight excluding hydrogens is 423 g/mol. The second-order valence-electron chi connectivity index (χ2n) is 6.20. The van der Waals surface area contributed by atoms with Crippen LogP contribution < -0.4 is 10.3 Å². The van der Waals surface area contributed by atoms with Crippen LogP contribution in [0, 0.1) is 0 Å². The molecule has 0 spiro atoms. The molecule has 7 nitrogen and oxygen atoms in total. The van der Waals surface area contributed by atoms with Gasteiger partial charge in [-0.15, -0.1) is 16.4 Å². The third kappa shape index (κ3) is 4.02. The largest absolute Gasteiger partial charge is 0.416 e. The predicted molar refractivity (Wildman–Crippen MR) is 105 cm³/mol. The summed E-state index contributed by atoms with van der Waals surface area (Å²) in [5, 5.41) is 5.21. The lowest BCUT2D eigenvalue weighted by molar-refractivity contribution is -0.137. The number of thiazole rings is 1. The first-order valence-corrected chi connectivity index (χ1v) is 9.19. The second kappa shape index (κ2) is 7.84. The molecule has 2 aromatic carbocycles. The molecule has 0 amide bonds. The third-order valence-electron chi connectivity index (χ3n) is 4.12. The fourth-order valence-electron chi connectivity index (χ4n) is 2.87. The van der Waals surface area contributed by atoms with Crippen LogP contribution in [0.3, 0.4) is 0 Å². The molecule has 0 fully saturated rings. The number of halogens is 3. The number of carbonyl (C=O) groups is 1. The number of rotatable bonds is 3. The minimum Gasteiger partial charge on any atom is -0.412 e. The third-order valence-corrected chi connectivity index (χ3v) is 5.14. The van der Waals surface area contributed by atoms with Crippen molar-refractivity contribution in [2.45, 2.75) is 19.6 Å². The topological polar surface area (TPSA) is 106 Å². The minimum absolute atomic E-state index is 0. The average Bonchev–Trinajstić information content (AvgIpc) is 3.06. The summed E-state index contributed by atoms with van der Waals surface area (Å²) in [5.41, 5.74) is -1.03. The first-order valence-electron chi connectivity index (χ1n) is 8.37. The first kappa shape index (κ1) is 21.4. The van der Waals surface area contributed by atoms with E-state index in [1.807, 2.05) is 0 Å². The van der Waals surface area contributed by atoms with Crippen molar-refractivity contribution in [3.8, 4) is 5.88 Å². The molecule has 2 heterocycles. The molecule has 2 N–H and O–H groups in total. The molecule has 4 rings (SSSR count). The van der Waals surface area contributed by atoms with Crippen LogP contribution >= 0.6 is 11.3 Å². The quantitative estimate of drug-likeness (QED) is 0.458. The standard InChI is InChI=1S/C19H12F3N3O3S.H2O/c1-10(26)28-17-12-4-2-3-5-13(12)18(27)25(24-17)9-16-23-14-8-11(19(20,21)22)6-7-15(14)29-16;/h2-8H,9H2,1H3;1H2. The summed E-state index contributed by atoms with van der Waals surface area (Å²) < 4.78 is 45.5. The van der Waals surface area contributed by atoms with E-state index < -0.39 is 23.3 Å². The molecule has 0 bridgehead atoms. The van der Waals surface area contributed by atoms with Crippen LogP contribution in [0.25, 0.3) is 21.0 Å². The number of hydrogen-bond donors (Lipinski definition) is 0. The highest BCUT2D eigenvalue weighted by Crippen LogP contribution is 2.33. The van der Waals surface area contributed by atoms with Crippen LogP contribution in [0.2, 0.25) is 0 Å². The Morgan fingerprint density at radius 2 is 1.87 bits per heavy atom. The van der Waals surface area contributed by atoms with Crippen LogP contribution in [-0.4, -0.2) is 26.2 Å². The molecule has 156 valence electrons. The Morgan fingerprint density at radius 1 is 1.17 bits per heavy atom. The summed E-state index contributed by atoms with van der Waals surface area (Å²) in [4.78, 5) is 28.4. The molecule has 0 saturated carbocycles. The summed E-state index contributed by atoms with van der Waals surface area (Å²) in [5.74, 6) is -0.610. The summed E-state index contributed by atoms with van der Waals surface area (Å²) in [7, 11) is 0. The van der Waals surface area contributed by atoms with Crippen LogP contribution in [-0.2, 0) is 17.5 Å². The number of carbonyl (C=O) groups excluding carboxylic acids is 1. The number of fused-ring (bicyclic) bond motifs is 2. The van der Waals surface area contributed by atoms with E-state index in [-0.39, 0.29) is 23.4 Å². The van der Waals surface area contributed by atoms with Crippen LogP contribution in [0.5, 0.6) is 5.88 Å². The minimum atomic E-state index is -4.46. The van der Waals surface area contributed by atoms with Gasteiger partial charge in [-0.1, -0.05) is 12.1 Å². The molecule has 0 aliphatic carbocycles.